The van der Waals surface area contributed by atoms with Gasteiger partial charge in [0.2, 0.25) is 17.7 Å². The highest BCUT2D eigenvalue weighted by molar-refractivity contribution is 5.94. The monoisotopic (exact) mass is 639 g/mol. The van der Waals surface area contributed by atoms with E-state index >= 15 is 0 Å². The Morgan fingerprint density at radius 1 is 0.891 bits per heavy atom. The summed E-state index contributed by atoms with van der Waals surface area (Å²) in [4.78, 5) is 57.6. The number of benzene rings is 1. The fourth-order valence-electron chi connectivity index (χ4n) is 6.47. The molecule has 10 nitrogen and oxygen atoms in total. The lowest BCUT2D eigenvalue weighted by molar-refractivity contribution is -0.140. The molecule has 1 aliphatic rings. The van der Waals surface area contributed by atoms with E-state index in [1.807, 2.05) is 38.1 Å². The van der Waals surface area contributed by atoms with E-state index in [9.17, 15) is 24.4 Å². The summed E-state index contributed by atoms with van der Waals surface area (Å²) in [5, 5.41) is 16.0. The highest BCUT2D eigenvalue weighted by Crippen LogP contribution is 2.22. The lowest BCUT2D eigenvalue weighted by Crippen LogP contribution is -2.57. The van der Waals surface area contributed by atoms with E-state index < -0.39 is 29.9 Å². The van der Waals surface area contributed by atoms with Gasteiger partial charge in [-0.05, 0) is 43.2 Å². The van der Waals surface area contributed by atoms with E-state index in [0.29, 0.717) is 25.8 Å². The molecule has 0 unspecified atom stereocenters. The number of hydrogen-bond acceptors (Lipinski definition) is 5. The highest BCUT2D eigenvalue weighted by atomic mass is 16.5. The molecule has 0 aliphatic carbocycles. The van der Waals surface area contributed by atoms with Crippen LogP contribution in [0.3, 0.4) is 0 Å². The number of likely N-dealkylation sites (tertiary alicyclic amines) is 1. The molecular formula is C36H57N5O5. The predicted molar refractivity (Wildman–Crippen MR) is 181 cm³/mol. The summed E-state index contributed by atoms with van der Waals surface area (Å²) >= 11 is 0. The number of nitrogens with one attached hydrogen (secondary N) is 4. The van der Waals surface area contributed by atoms with Crippen molar-refractivity contribution in [1.29, 1.82) is 0 Å². The summed E-state index contributed by atoms with van der Waals surface area (Å²) < 4.78 is 0. The van der Waals surface area contributed by atoms with Gasteiger partial charge in [-0.15, -0.1) is 0 Å². The molecule has 256 valence electrons. The van der Waals surface area contributed by atoms with Crippen molar-refractivity contribution < 1.29 is 24.4 Å². The number of rotatable bonds is 21. The molecule has 2 heterocycles. The van der Waals surface area contributed by atoms with Crippen molar-refractivity contribution in [2.24, 2.45) is 5.92 Å². The molecule has 0 radical (unpaired) electrons. The maximum Gasteiger partial charge on any atom is 0.266 e. The van der Waals surface area contributed by atoms with Gasteiger partial charge in [0, 0.05) is 36.5 Å². The van der Waals surface area contributed by atoms with Gasteiger partial charge in [0.15, 0.2) is 0 Å². The van der Waals surface area contributed by atoms with E-state index in [2.05, 4.69) is 22.5 Å². The molecule has 5 N–H and O–H groups in total. The Hall–Kier alpha value is -3.40. The molecule has 3 rings (SSSR count). The van der Waals surface area contributed by atoms with Gasteiger partial charge in [-0.3, -0.25) is 24.4 Å². The molecule has 1 aliphatic heterocycles. The van der Waals surface area contributed by atoms with Crippen molar-refractivity contribution in [3.8, 4) is 0 Å². The molecule has 4 amide bonds. The van der Waals surface area contributed by atoms with Gasteiger partial charge in [0.1, 0.15) is 18.1 Å². The van der Waals surface area contributed by atoms with Crippen LogP contribution in [0.15, 0.2) is 30.5 Å². The van der Waals surface area contributed by atoms with Crippen LogP contribution in [0.2, 0.25) is 0 Å². The number of H-pyrrole nitrogens is 1. The van der Waals surface area contributed by atoms with Crippen LogP contribution in [-0.2, 0) is 25.6 Å². The Bertz CT molecular complexity index is 1240. The van der Waals surface area contributed by atoms with Gasteiger partial charge < -0.3 is 20.5 Å². The van der Waals surface area contributed by atoms with Crippen molar-refractivity contribution >= 4 is 34.5 Å². The second-order valence-corrected chi connectivity index (χ2v) is 13.3. The first-order chi connectivity index (χ1) is 22.2. The van der Waals surface area contributed by atoms with Crippen molar-refractivity contribution in [3.05, 3.63) is 36.0 Å². The van der Waals surface area contributed by atoms with Crippen LogP contribution in [0, 0.1) is 5.92 Å². The maximum atomic E-state index is 13.5. The number of para-hydroxylation sites is 1. The molecule has 46 heavy (non-hydrogen) atoms. The minimum atomic E-state index is -1.06. The third-order valence-corrected chi connectivity index (χ3v) is 9.05. The summed E-state index contributed by atoms with van der Waals surface area (Å²) in [6.45, 7) is 6.69. The minimum absolute atomic E-state index is 0.00292. The first kappa shape index (κ1) is 37.1. The summed E-state index contributed by atoms with van der Waals surface area (Å²) in [6.07, 6.45) is 17.4. The molecule has 1 aromatic carbocycles. The molecule has 0 spiro atoms. The van der Waals surface area contributed by atoms with E-state index in [1.54, 1.807) is 16.6 Å². The van der Waals surface area contributed by atoms with Crippen molar-refractivity contribution in [3.63, 3.8) is 0 Å². The topological polar surface area (TPSA) is 144 Å². The summed E-state index contributed by atoms with van der Waals surface area (Å²) in [6, 6.07) is 5.08. The zero-order valence-electron chi connectivity index (χ0n) is 28.2. The van der Waals surface area contributed by atoms with Crippen LogP contribution in [0.1, 0.15) is 123 Å². The Morgan fingerprint density at radius 3 is 2.20 bits per heavy atom. The number of unbranched alkanes of at least 4 members (excludes halogenated alkanes) is 10. The number of hydroxylamine groups is 1. The Labute approximate surface area is 274 Å². The van der Waals surface area contributed by atoms with Crippen LogP contribution in [0.25, 0.3) is 10.9 Å². The molecule has 1 fully saturated rings. The van der Waals surface area contributed by atoms with E-state index in [4.69, 9.17) is 0 Å². The van der Waals surface area contributed by atoms with Gasteiger partial charge in [0.25, 0.3) is 5.91 Å². The van der Waals surface area contributed by atoms with Crippen LogP contribution in [0.5, 0.6) is 0 Å². The number of nitrogens with zero attached hydrogens (tertiary/aromatic N) is 1. The number of aromatic amines is 1. The number of aromatic nitrogens is 1. The number of carbonyl (C=O) groups excluding carboxylic acids is 4. The van der Waals surface area contributed by atoms with Crippen molar-refractivity contribution in [2.75, 3.05) is 6.54 Å². The third-order valence-electron chi connectivity index (χ3n) is 9.05. The lowest BCUT2D eigenvalue weighted by Gasteiger charge is -2.28. The maximum absolute atomic E-state index is 13.5. The van der Waals surface area contributed by atoms with Gasteiger partial charge in [-0.25, -0.2) is 5.48 Å². The quantitative estimate of drug-likeness (QED) is 0.0654. The molecule has 10 heteroatoms. The van der Waals surface area contributed by atoms with Gasteiger partial charge in [0.05, 0.1) is 0 Å². The molecule has 0 saturated carbocycles. The van der Waals surface area contributed by atoms with Gasteiger partial charge >= 0.3 is 0 Å². The molecule has 1 aromatic heterocycles. The molecule has 0 bridgehead atoms. The smallest absolute Gasteiger partial charge is 0.266 e. The predicted octanol–water partition coefficient (Wildman–Crippen LogP) is 5.92. The normalized spacial score (nSPS) is 16.0. The minimum Gasteiger partial charge on any atom is -0.361 e. The molecule has 3 atom stereocenters. The van der Waals surface area contributed by atoms with E-state index in [-0.39, 0.29) is 24.2 Å². The number of hydrogen-bond donors (Lipinski definition) is 5. The SMILES string of the molecule is CCCCCCCCCCCCCC(=O)N1CCC[C@H]1C(=O)N[C@@H](CC(C)C)C(=O)N[C@@H](Cc1c[nH]c2ccccc12)C(=O)NO. The first-order valence-electron chi connectivity index (χ1n) is 17.6. The lowest BCUT2D eigenvalue weighted by atomic mass is 10.0. The second kappa shape index (κ2) is 20.0. The highest BCUT2D eigenvalue weighted by Gasteiger charge is 2.36. The van der Waals surface area contributed by atoms with E-state index in [1.165, 1.54) is 51.4 Å². The fourth-order valence-corrected chi connectivity index (χ4v) is 6.47. The summed E-state index contributed by atoms with van der Waals surface area (Å²) in [7, 11) is 0. The van der Waals surface area contributed by atoms with Crippen molar-refractivity contribution in [1.82, 2.24) is 26.0 Å². The molecule has 2 aromatic rings. The zero-order chi connectivity index (χ0) is 33.3. The largest absolute Gasteiger partial charge is 0.361 e. The van der Waals surface area contributed by atoms with Crippen LogP contribution in [-0.4, -0.2) is 63.4 Å². The van der Waals surface area contributed by atoms with Gasteiger partial charge in [-0.2, -0.15) is 0 Å². The standard InChI is InChI=1S/C36H57N5O5/c1-4-5-6-7-8-9-10-11-12-13-14-21-33(42)41-22-17-20-32(41)36(45)39-30(23-26(2)3)34(43)38-31(35(44)40-46)24-27-25-37-29-19-16-15-18-28(27)29/h15-16,18-19,25-26,30-32,37,46H,4-14,17,20-24H2,1-3H3,(H,38,43)(H,39,45)(H,40,44)/t30-,31-,32-/m0/s1. The average Bonchev–Trinajstić information content (AvgIpc) is 3.70. The molecular weight excluding hydrogens is 582 g/mol. The van der Waals surface area contributed by atoms with E-state index in [0.717, 1.165) is 42.1 Å². The van der Waals surface area contributed by atoms with Crippen LogP contribution < -0.4 is 16.1 Å². The summed E-state index contributed by atoms with van der Waals surface area (Å²) in [5.41, 5.74) is 3.37. The van der Waals surface area contributed by atoms with Crippen LogP contribution >= 0.6 is 0 Å². The first-order valence-corrected chi connectivity index (χ1v) is 17.6. The Balaban J connectivity index is 1.51. The Kier molecular flexibility index (Phi) is 16.1. The summed E-state index contributed by atoms with van der Waals surface area (Å²) in [5.74, 6) is -1.52. The van der Waals surface area contributed by atoms with Crippen LogP contribution in [0.4, 0.5) is 0 Å². The Morgan fingerprint density at radius 2 is 1.54 bits per heavy atom. The number of amides is 4. The third kappa shape index (κ3) is 11.8. The van der Waals surface area contributed by atoms with Crippen molar-refractivity contribution in [2.45, 2.75) is 142 Å². The fraction of sp³-hybridized carbons (Fsp3) is 0.667. The number of carbonyl (C=O) groups is 4. The van der Waals surface area contributed by atoms with Gasteiger partial charge in [-0.1, -0.05) is 103 Å². The molecule has 1 saturated heterocycles. The average molecular weight is 640 g/mol. The zero-order valence-corrected chi connectivity index (χ0v) is 28.2. The number of fused-ring (bicyclic) bond motifs is 1. The second-order valence-electron chi connectivity index (χ2n) is 13.3.